The van der Waals surface area contributed by atoms with E-state index >= 15 is 0 Å². The van der Waals surface area contributed by atoms with E-state index in [9.17, 15) is 9.59 Å². The van der Waals surface area contributed by atoms with E-state index in [0.29, 0.717) is 36.7 Å². The van der Waals surface area contributed by atoms with Gasteiger partial charge in [-0.25, -0.2) is 0 Å². The summed E-state index contributed by atoms with van der Waals surface area (Å²) in [7, 11) is 0. The molecule has 1 aliphatic heterocycles. The van der Waals surface area contributed by atoms with Crippen molar-refractivity contribution in [2.45, 2.75) is 39.7 Å². The summed E-state index contributed by atoms with van der Waals surface area (Å²) in [4.78, 5) is 24.2. The monoisotopic (exact) mass is 411 g/mol. The number of ether oxygens (including phenoxy) is 3. The Morgan fingerprint density at radius 3 is 2.40 bits per heavy atom. The van der Waals surface area contributed by atoms with Gasteiger partial charge in [0, 0.05) is 18.4 Å². The maximum absolute atomic E-state index is 12.5. The molecule has 0 bridgehead atoms. The van der Waals surface area contributed by atoms with Gasteiger partial charge in [-0.15, -0.1) is 0 Å². The van der Waals surface area contributed by atoms with Crippen LogP contribution in [0.15, 0.2) is 42.5 Å². The van der Waals surface area contributed by atoms with Crippen LogP contribution in [0.2, 0.25) is 0 Å². The fourth-order valence-electron chi connectivity index (χ4n) is 3.31. The van der Waals surface area contributed by atoms with Gasteiger partial charge >= 0.3 is 0 Å². The normalized spacial score (nSPS) is 14.0. The van der Waals surface area contributed by atoms with Gasteiger partial charge in [-0.1, -0.05) is 26.8 Å². The van der Waals surface area contributed by atoms with E-state index in [1.165, 1.54) is 0 Å². The topological polar surface area (TPSA) is 73.9 Å². The maximum Gasteiger partial charge on any atom is 0.258 e. The van der Waals surface area contributed by atoms with E-state index in [1.54, 1.807) is 24.3 Å². The van der Waals surface area contributed by atoms with Crippen LogP contribution in [0.25, 0.3) is 0 Å². The Bertz CT molecular complexity index is 876. The van der Waals surface area contributed by atoms with Crippen molar-refractivity contribution in [2.75, 3.05) is 19.8 Å². The highest BCUT2D eigenvalue weighted by molar-refractivity contribution is 5.95. The Kier molecular flexibility index (Phi) is 7.33. The minimum absolute atomic E-state index is 0.0780. The number of carbonyl (C=O) groups is 2. The van der Waals surface area contributed by atoms with Gasteiger partial charge < -0.3 is 19.5 Å². The number of Topliss-reactive ketones (excluding diaryl/α,β-unsaturated/α-hetero) is 1. The number of ketones is 1. The Morgan fingerprint density at radius 1 is 1.03 bits per heavy atom. The van der Waals surface area contributed by atoms with Crippen molar-refractivity contribution in [3.05, 3.63) is 53.6 Å². The van der Waals surface area contributed by atoms with E-state index in [1.807, 2.05) is 25.1 Å². The molecule has 1 heterocycles. The molecule has 0 aromatic heterocycles. The molecule has 30 heavy (non-hydrogen) atoms. The van der Waals surface area contributed by atoms with Gasteiger partial charge in [-0.2, -0.15) is 0 Å². The fraction of sp³-hybridized carbons (Fsp3) is 0.417. The van der Waals surface area contributed by atoms with Gasteiger partial charge in [0.05, 0.1) is 19.3 Å². The average Bonchev–Trinajstić information content (AvgIpc) is 3.00. The molecule has 2 aromatic carbocycles. The van der Waals surface area contributed by atoms with Gasteiger partial charge in [0.2, 0.25) is 0 Å². The molecule has 0 aliphatic carbocycles. The third-order valence-corrected chi connectivity index (χ3v) is 4.98. The minimum Gasteiger partial charge on any atom is -0.490 e. The largest absolute Gasteiger partial charge is 0.490 e. The molecule has 0 radical (unpaired) electrons. The van der Waals surface area contributed by atoms with E-state index in [4.69, 9.17) is 14.2 Å². The SMILES string of the molecule is CCC(=O)c1ccc(OCC(=O)N[C@@H](c2ccc3c(c2)OCCCO3)C(C)C)cc1. The number of nitrogens with one attached hydrogen (secondary N) is 1. The first-order valence-corrected chi connectivity index (χ1v) is 10.4. The molecule has 6 heteroatoms. The molecule has 1 atom stereocenters. The summed E-state index contributed by atoms with van der Waals surface area (Å²) in [5, 5.41) is 3.05. The number of rotatable bonds is 8. The summed E-state index contributed by atoms with van der Waals surface area (Å²) in [6, 6.07) is 12.5. The lowest BCUT2D eigenvalue weighted by Gasteiger charge is -2.24. The van der Waals surface area contributed by atoms with Crippen molar-refractivity contribution in [2.24, 2.45) is 5.92 Å². The molecule has 0 unspecified atom stereocenters. The van der Waals surface area contributed by atoms with Crippen molar-refractivity contribution < 1.29 is 23.8 Å². The molecule has 0 spiro atoms. The van der Waals surface area contributed by atoms with Crippen molar-refractivity contribution in [3.63, 3.8) is 0 Å². The maximum atomic E-state index is 12.5. The lowest BCUT2D eigenvalue weighted by atomic mass is 9.95. The average molecular weight is 411 g/mol. The minimum atomic E-state index is -0.213. The zero-order valence-corrected chi connectivity index (χ0v) is 17.8. The van der Waals surface area contributed by atoms with Crippen molar-refractivity contribution in [1.82, 2.24) is 5.32 Å². The zero-order valence-electron chi connectivity index (χ0n) is 17.8. The summed E-state index contributed by atoms with van der Waals surface area (Å²) < 4.78 is 17.1. The molecular formula is C24H29NO5. The van der Waals surface area contributed by atoms with Crippen molar-refractivity contribution in [1.29, 1.82) is 0 Å². The molecule has 0 saturated heterocycles. The molecule has 0 saturated carbocycles. The van der Waals surface area contributed by atoms with Crippen LogP contribution in [0.3, 0.4) is 0 Å². The standard InChI is InChI=1S/C24H29NO5/c1-4-20(26)17-6-9-19(10-7-17)30-15-23(27)25-24(16(2)3)18-8-11-21-22(14-18)29-13-5-12-28-21/h6-11,14,16,24H,4-5,12-13,15H2,1-3H3,(H,25,27)/t24-/m1/s1. The number of carbonyl (C=O) groups excluding carboxylic acids is 2. The van der Waals surface area contributed by atoms with Crippen LogP contribution in [-0.4, -0.2) is 31.5 Å². The predicted octanol–water partition coefficient (Wildman–Crippen LogP) is 4.33. The van der Waals surface area contributed by atoms with E-state index in [2.05, 4.69) is 19.2 Å². The third kappa shape index (κ3) is 5.53. The molecule has 1 N–H and O–H groups in total. The van der Waals surface area contributed by atoms with E-state index in [-0.39, 0.29) is 30.3 Å². The second-order valence-electron chi connectivity index (χ2n) is 7.64. The predicted molar refractivity (Wildman–Crippen MR) is 114 cm³/mol. The lowest BCUT2D eigenvalue weighted by Crippen LogP contribution is -2.35. The number of fused-ring (bicyclic) bond motifs is 1. The van der Waals surface area contributed by atoms with Gasteiger partial charge in [-0.05, 0) is 47.9 Å². The highest BCUT2D eigenvalue weighted by Crippen LogP contribution is 2.34. The Balaban J connectivity index is 1.62. The first kappa shape index (κ1) is 21.7. The molecule has 0 fully saturated rings. The lowest BCUT2D eigenvalue weighted by molar-refractivity contribution is -0.124. The van der Waals surface area contributed by atoms with Crippen LogP contribution in [0, 0.1) is 5.92 Å². The zero-order chi connectivity index (χ0) is 21.5. The molecule has 160 valence electrons. The van der Waals surface area contributed by atoms with Crippen LogP contribution < -0.4 is 19.5 Å². The van der Waals surface area contributed by atoms with Gasteiger partial charge in [0.25, 0.3) is 5.91 Å². The second-order valence-corrected chi connectivity index (χ2v) is 7.64. The van der Waals surface area contributed by atoms with Gasteiger partial charge in [-0.3, -0.25) is 9.59 Å². The smallest absolute Gasteiger partial charge is 0.258 e. The number of hydrogen-bond donors (Lipinski definition) is 1. The summed E-state index contributed by atoms with van der Waals surface area (Å²) >= 11 is 0. The quantitative estimate of drug-likeness (QED) is 0.655. The van der Waals surface area contributed by atoms with Crippen molar-refractivity contribution >= 4 is 11.7 Å². The van der Waals surface area contributed by atoms with Crippen LogP contribution in [0.5, 0.6) is 17.2 Å². The van der Waals surface area contributed by atoms with E-state index < -0.39 is 0 Å². The molecule has 6 nitrogen and oxygen atoms in total. The Hall–Kier alpha value is -3.02. The Labute approximate surface area is 177 Å². The molecule has 3 rings (SSSR count). The highest BCUT2D eigenvalue weighted by atomic mass is 16.5. The van der Waals surface area contributed by atoms with Crippen LogP contribution >= 0.6 is 0 Å². The van der Waals surface area contributed by atoms with Crippen LogP contribution in [0.4, 0.5) is 0 Å². The number of hydrogen-bond acceptors (Lipinski definition) is 5. The first-order valence-electron chi connectivity index (χ1n) is 10.4. The number of benzene rings is 2. The summed E-state index contributed by atoms with van der Waals surface area (Å²) in [5.74, 6) is 2.04. The van der Waals surface area contributed by atoms with Crippen molar-refractivity contribution in [3.8, 4) is 17.2 Å². The van der Waals surface area contributed by atoms with Crippen LogP contribution in [-0.2, 0) is 4.79 Å². The molecule has 1 amide bonds. The van der Waals surface area contributed by atoms with E-state index in [0.717, 1.165) is 17.7 Å². The second kappa shape index (κ2) is 10.1. The third-order valence-electron chi connectivity index (χ3n) is 4.98. The fourth-order valence-corrected chi connectivity index (χ4v) is 3.31. The summed E-state index contributed by atoms with van der Waals surface area (Å²) in [5.41, 5.74) is 1.61. The van der Waals surface area contributed by atoms with Gasteiger partial charge in [0.15, 0.2) is 23.9 Å². The number of amides is 1. The first-order chi connectivity index (χ1) is 14.5. The molecule has 1 aliphatic rings. The van der Waals surface area contributed by atoms with Crippen LogP contribution in [0.1, 0.15) is 55.6 Å². The molecule has 2 aromatic rings. The molecular weight excluding hydrogens is 382 g/mol. The van der Waals surface area contributed by atoms with Gasteiger partial charge in [0.1, 0.15) is 5.75 Å². The summed E-state index contributed by atoms with van der Waals surface area (Å²) in [6.07, 6.45) is 1.30. The summed E-state index contributed by atoms with van der Waals surface area (Å²) in [6.45, 7) is 7.09. The Morgan fingerprint density at radius 2 is 1.73 bits per heavy atom. The highest BCUT2D eigenvalue weighted by Gasteiger charge is 2.21.